The van der Waals surface area contributed by atoms with Crippen molar-refractivity contribution >= 4 is 32.4 Å². The highest BCUT2D eigenvalue weighted by Gasteiger charge is 2.36. The number of halogens is 1. The number of nitrogens with zero attached hydrogens (tertiary/aromatic N) is 2. The smallest absolute Gasteiger partial charge is 0.186 e. The Hall–Kier alpha value is -0.170. The summed E-state index contributed by atoms with van der Waals surface area (Å²) in [6, 6.07) is 0. The third-order valence-electron chi connectivity index (χ3n) is 2.36. The maximum atomic E-state index is 9.81. The van der Waals surface area contributed by atoms with Crippen molar-refractivity contribution in [1.29, 1.82) is 0 Å². The summed E-state index contributed by atoms with van der Waals surface area (Å²) < 4.78 is 0.817. The molecule has 0 aromatic carbocycles. The lowest BCUT2D eigenvalue weighted by molar-refractivity contribution is 0.00476. The van der Waals surface area contributed by atoms with E-state index < -0.39 is 5.60 Å². The molecular formula is C8H11BrN2O2S. The molecule has 2 rings (SSSR count). The fraction of sp³-hybridized carbons (Fsp3) is 0.625. The van der Waals surface area contributed by atoms with Crippen LogP contribution < -0.4 is 4.90 Å². The normalized spacial score (nSPS) is 27.2. The van der Waals surface area contributed by atoms with Gasteiger partial charge in [-0.2, -0.15) is 0 Å². The molecule has 6 heteroatoms. The van der Waals surface area contributed by atoms with Gasteiger partial charge in [-0.25, -0.2) is 4.98 Å². The highest BCUT2D eigenvalue weighted by Crippen LogP contribution is 2.30. The van der Waals surface area contributed by atoms with Gasteiger partial charge in [0.2, 0.25) is 0 Å². The van der Waals surface area contributed by atoms with E-state index in [1.54, 1.807) is 0 Å². The molecule has 1 atom stereocenters. The minimum atomic E-state index is -0.946. The van der Waals surface area contributed by atoms with Crippen LogP contribution in [0.3, 0.4) is 0 Å². The van der Waals surface area contributed by atoms with E-state index in [1.807, 2.05) is 10.3 Å². The largest absolute Gasteiger partial charge is 0.393 e. The zero-order valence-electron chi connectivity index (χ0n) is 7.48. The Morgan fingerprint density at radius 1 is 1.71 bits per heavy atom. The molecule has 1 saturated heterocycles. The predicted octanol–water partition coefficient (Wildman–Crippen LogP) is 0.839. The molecule has 1 aromatic heterocycles. The topological polar surface area (TPSA) is 56.6 Å². The summed E-state index contributed by atoms with van der Waals surface area (Å²) in [5.74, 6) is 0. The van der Waals surface area contributed by atoms with Crippen LogP contribution in [0, 0.1) is 0 Å². The van der Waals surface area contributed by atoms with E-state index in [0.717, 1.165) is 16.3 Å². The molecule has 0 aliphatic carbocycles. The molecule has 1 aliphatic rings. The van der Waals surface area contributed by atoms with Crippen LogP contribution in [0.1, 0.15) is 6.42 Å². The Morgan fingerprint density at radius 3 is 3.00 bits per heavy atom. The van der Waals surface area contributed by atoms with Crippen molar-refractivity contribution in [3.05, 3.63) is 9.98 Å². The van der Waals surface area contributed by atoms with E-state index in [-0.39, 0.29) is 6.61 Å². The first-order chi connectivity index (χ1) is 6.63. The number of β-amino-alcohol motifs (C(OH)–C–C–N with tert-alkyl or cyclic N) is 1. The van der Waals surface area contributed by atoms with Crippen LogP contribution >= 0.6 is 27.3 Å². The molecule has 0 bridgehead atoms. The maximum Gasteiger partial charge on any atom is 0.186 e. The number of thiazole rings is 1. The first kappa shape index (κ1) is 10.4. The minimum absolute atomic E-state index is 0.184. The second-order valence-electron chi connectivity index (χ2n) is 3.51. The Balaban J connectivity index is 2.09. The Morgan fingerprint density at radius 2 is 2.50 bits per heavy atom. The van der Waals surface area contributed by atoms with Gasteiger partial charge in [-0.15, -0.1) is 11.3 Å². The van der Waals surface area contributed by atoms with Gasteiger partial charge < -0.3 is 15.1 Å². The van der Waals surface area contributed by atoms with Gasteiger partial charge in [0.25, 0.3) is 0 Å². The molecule has 0 amide bonds. The second-order valence-corrected chi connectivity index (χ2v) is 5.16. The molecule has 0 spiro atoms. The van der Waals surface area contributed by atoms with Gasteiger partial charge in [0.05, 0.1) is 13.2 Å². The number of rotatable bonds is 2. The number of hydrogen-bond acceptors (Lipinski definition) is 5. The summed E-state index contributed by atoms with van der Waals surface area (Å²) in [6.07, 6.45) is 0.598. The Bertz CT molecular complexity index is 333. The molecular weight excluding hydrogens is 268 g/mol. The molecule has 1 fully saturated rings. The monoisotopic (exact) mass is 278 g/mol. The average molecular weight is 279 g/mol. The van der Waals surface area contributed by atoms with Crippen LogP contribution in [0.25, 0.3) is 0 Å². The van der Waals surface area contributed by atoms with Gasteiger partial charge in [-0.1, -0.05) is 0 Å². The molecule has 0 saturated carbocycles. The first-order valence-corrected chi connectivity index (χ1v) is 5.99. The van der Waals surface area contributed by atoms with Crippen molar-refractivity contribution in [2.45, 2.75) is 12.0 Å². The lowest BCUT2D eigenvalue weighted by Crippen LogP contribution is -2.36. The summed E-state index contributed by atoms with van der Waals surface area (Å²) in [5.41, 5.74) is -0.946. The number of aliphatic hydroxyl groups is 2. The highest BCUT2D eigenvalue weighted by molar-refractivity contribution is 9.10. The lowest BCUT2D eigenvalue weighted by atomic mass is 10.1. The van der Waals surface area contributed by atoms with Crippen LogP contribution in [0.5, 0.6) is 0 Å². The number of aromatic nitrogens is 1. The van der Waals surface area contributed by atoms with E-state index >= 15 is 0 Å². The molecule has 1 aliphatic heterocycles. The quantitative estimate of drug-likeness (QED) is 0.842. The third kappa shape index (κ3) is 1.93. The van der Waals surface area contributed by atoms with Gasteiger partial charge in [0, 0.05) is 11.9 Å². The molecule has 2 N–H and O–H groups in total. The van der Waals surface area contributed by atoms with Crippen molar-refractivity contribution in [1.82, 2.24) is 4.98 Å². The first-order valence-electron chi connectivity index (χ1n) is 4.32. The molecule has 0 radical (unpaired) electrons. The standard InChI is InChI=1S/C8H11BrN2O2S/c9-6-3-14-7(10-6)11-2-1-8(13,4-11)5-12/h3,12-13H,1-2,4-5H2. The van der Waals surface area contributed by atoms with Crippen molar-refractivity contribution in [2.75, 3.05) is 24.6 Å². The minimum Gasteiger partial charge on any atom is -0.393 e. The van der Waals surface area contributed by atoms with Crippen LogP contribution in [-0.4, -0.2) is 40.5 Å². The van der Waals surface area contributed by atoms with E-state index in [4.69, 9.17) is 5.11 Å². The lowest BCUT2D eigenvalue weighted by Gasteiger charge is -2.20. The molecule has 78 valence electrons. The predicted molar refractivity (Wildman–Crippen MR) is 58.7 cm³/mol. The van der Waals surface area contributed by atoms with Gasteiger partial charge >= 0.3 is 0 Å². The van der Waals surface area contributed by atoms with Crippen molar-refractivity contribution in [2.24, 2.45) is 0 Å². The SMILES string of the molecule is OCC1(O)CCN(c2nc(Br)cs2)C1. The van der Waals surface area contributed by atoms with E-state index in [1.165, 1.54) is 11.3 Å². The fourth-order valence-electron chi connectivity index (χ4n) is 1.54. The zero-order chi connectivity index (χ0) is 10.2. The average Bonchev–Trinajstić information content (AvgIpc) is 2.73. The van der Waals surface area contributed by atoms with Crippen LogP contribution in [-0.2, 0) is 0 Å². The van der Waals surface area contributed by atoms with Gasteiger partial charge in [0.1, 0.15) is 10.2 Å². The van der Waals surface area contributed by atoms with E-state index in [9.17, 15) is 5.11 Å². The third-order valence-corrected chi connectivity index (χ3v) is 3.97. The molecule has 14 heavy (non-hydrogen) atoms. The highest BCUT2D eigenvalue weighted by atomic mass is 79.9. The number of hydrogen-bond donors (Lipinski definition) is 2. The van der Waals surface area contributed by atoms with Crippen molar-refractivity contribution in [3.8, 4) is 0 Å². The second kappa shape index (κ2) is 3.77. The molecule has 2 heterocycles. The number of anilines is 1. The molecule has 1 aromatic rings. The van der Waals surface area contributed by atoms with Gasteiger partial charge in [-0.3, -0.25) is 0 Å². The molecule has 4 nitrogen and oxygen atoms in total. The maximum absolute atomic E-state index is 9.81. The van der Waals surface area contributed by atoms with Gasteiger partial charge in [0.15, 0.2) is 5.13 Å². The molecule has 1 unspecified atom stereocenters. The van der Waals surface area contributed by atoms with E-state index in [0.29, 0.717) is 13.0 Å². The van der Waals surface area contributed by atoms with Crippen molar-refractivity contribution in [3.63, 3.8) is 0 Å². The van der Waals surface area contributed by atoms with Crippen LogP contribution in [0.4, 0.5) is 5.13 Å². The summed E-state index contributed by atoms with van der Waals surface area (Å²) >= 11 is 4.82. The zero-order valence-corrected chi connectivity index (χ0v) is 9.88. The Labute approximate surface area is 94.3 Å². The van der Waals surface area contributed by atoms with Crippen molar-refractivity contribution < 1.29 is 10.2 Å². The van der Waals surface area contributed by atoms with Crippen LogP contribution in [0.2, 0.25) is 0 Å². The van der Waals surface area contributed by atoms with E-state index in [2.05, 4.69) is 20.9 Å². The summed E-state index contributed by atoms with van der Waals surface area (Å²) in [6.45, 7) is 1.02. The summed E-state index contributed by atoms with van der Waals surface area (Å²) in [5, 5.41) is 21.6. The summed E-state index contributed by atoms with van der Waals surface area (Å²) in [7, 11) is 0. The van der Waals surface area contributed by atoms with Gasteiger partial charge in [-0.05, 0) is 22.4 Å². The van der Waals surface area contributed by atoms with Crippen LogP contribution in [0.15, 0.2) is 9.98 Å². The summed E-state index contributed by atoms with van der Waals surface area (Å²) in [4.78, 5) is 6.25. The fourth-order valence-corrected chi connectivity index (χ4v) is 2.82. The number of aliphatic hydroxyl groups excluding tert-OH is 1. The Kier molecular flexibility index (Phi) is 2.79.